The molecule has 37 heavy (non-hydrogen) atoms. The Labute approximate surface area is 226 Å². The maximum atomic E-state index is 13.7. The van der Waals surface area contributed by atoms with Crippen LogP contribution < -0.4 is 9.47 Å². The van der Waals surface area contributed by atoms with E-state index in [9.17, 15) is 9.59 Å². The van der Waals surface area contributed by atoms with Crippen molar-refractivity contribution in [1.29, 1.82) is 0 Å². The first-order valence-electron chi connectivity index (χ1n) is 13.5. The molecule has 1 aliphatic heterocycles. The minimum atomic E-state index is -0.000419. The van der Waals surface area contributed by atoms with E-state index < -0.39 is 0 Å². The van der Waals surface area contributed by atoms with E-state index in [1.165, 1.54) is 23.3 Å². The molecule has 0 unspecified atom stereocenters. The number of carbonyl (C=O) groups excluding carboxylic acids is 2. The van der Waals surface area contributed by atoms with E-state index in [0.29, 0.717) is 44.0 Å². The van der Waals surface area contributed by atoms with E-state index in [4.69, 9.17) is 9.47 Å². The number of methoxy groups -OCH3 is 2. The average molecular weight is 530 g/mol. The van der Waals surface area contributed by atoms with Gasteiger partial charge in [0.15, 0.2) is 11.5 Å². The monoisotopic (exact) mass is 529 g/mol. The third kappa shape index (κ3) is 8.75. The molecule has 0 radical (unpaired) electrons. The molecule has 1 aromatic carbocycles. The number of thiophene rings is 1. The molecule has 0 atom stereocenters. The van der Waals surface area contributed by atoms with Crippen LogP contribution >= 0.6 is 11.3 Å². The Bertz CT molecular complexity index is 1000. The fraction of sp³-hybridized carbons (Fsp3) is 0.586. The zero-order chi connectivity index (χ0) is 26.6. The molecule has 1 aliphatic rings. The van der Waals surface area contributed by atoms with Crippen molar-refractivity contribution in [2.45, 2.75) is 58.9 Å². The summed E-state index contributed by atoms with van der Waals surface area (Å²) in [5.41, 5.74) is 2.27. The summed E-state index contributed by atoms with van der Waals surface area (Å²) in [6, 6.07) is 7.97. The summed E-state index contributed by atoms with van der Waals surface area (Å²) in [4.78, 5) is 34.0. The van der Waals surface area contributed by atoms with Crippen LogP contribution in [-0.2, 0) is 22.6 Å². The zero-order valence-corrected chi connectivity index (χ0v) is 23.8. The van der Waals surface area contributed by atoms with Gasteiger partial charge >= 0.3 is 0 Å². The number of ether oxygens (including phenoxy) is 2. The van der Waals surface area contributed by atoms with Crippen molar-refractivity contribution in [1.82, 2.24) is 14.7 Å². The highest BCUT2D eigenvalue weighted by Crippen LogP contribution is 2.28. The van der Waals surface area contributed by atoms with Crippen LogP contribution in [0.5, 0.6) is 11.5 Å². The van der Waals surface area contributed by atoms with Crippen LogP contribution in [0.1, 0.15) is 55.0 Å². The molecule has 2 heterocycles. The van der Waals surface area contributed by atoms with Crippen molar-refractivity contribution in [3.8, 4) is 11.5 Å². The van der Waals surface area contributed by atoms with Gasteiger partial charge in [-0.25, -0.2) is 0 Å². The van der Waals surface area contributed by atoms with Crippen molar-refractivity contribution < 1.29 is 19.1 Å². The van der Waals surface area contributed by atoms with Crippen molar-refractivity contribution in [3.05, 3.63) is 45.6 Å². The number of likely N-dealkylation sites (tertiary alicyclic amines) is 1. The first-order chi connectivity index (χ1) is 17.9. The van der Waals surface area contributed by atoms with Gasteiger partial charge in [0, 0.05) is 30.9 Å². The van der Waals surface area contributed by atoms with Gasteiger partial charge in [-0.2, -0.15) is 0 Å². The number of nitrogens with zero attached hydrogens (tertiary/aromatic N) is 3. The van der Waals surface area contributed by atoms with E-state index in [-0.39, 0.29) is 18.4 Å². The summed E-state index contributed by atoms with van der Waals surface area (Å²) in [5.74, 6) is 1.45. The highest BCUT2D eigenvalue weighted by molar-refractivity contribution is 7.10. The summed E-state index contributed by atoms with van der Waals surface area (Å²) in [6.07, 6.45) is 5.44. The number of aryl methyl sites for hydroxylation is 1. The third-order valence-electron chi connectivity index (χ3n) is 7.08. The average Bonchev–Trinajstić information content (AvgIpc) is 3.58. The SMILES string of the molecule is CCCCC(=O)N(CCN1CCCC1)CC(=O)N(CCc1ccc(OC)c(OC)c1)Cc1sccc1C. The first-order valence-corrected chi connectivity index (χ1v) is 14.3. The lowest BCUT2D eigenvalue weighted by Crippen LogP contribution is -2.45. The Morgan fingerprint density at radius 3 is 2.41 bits per heavy atom. The quantitative estimate of drug-likeness (QED) is 0.333. The van der Waals surface area contributed by atoms with Gasteiger partial charge in [0.05, 0.1) is 27.3 Å². The van der Waals surface area contributed by atoms with Gasteiger partial charge in [-0.05, 0) is 80.4 Å². The molecule has 2 aromatic rings. The highest BCUT2D eigenvalue weighted by Gasteiger charge is 2.23. The van der Waals surface area contributed by atoms with Crippen molar-refractivity contribution in [3.63, 3.8) is 0 Å². The predicted octanol–water partition coefficient (Wildman–Crippen LogP) is 4.76. The number of amides is 2. The maximum absolute atomic E-state index is 13.7. The summed E-state index contributed by atoms with van der Waals surface area (Å²) in [6.45, 7) is 9.03. The van der Waals surface area contributed by atoms with Crippen molar-refractivity contribution >= 4 is 23.2 Å². The minimum Gasteiger partial charge on any atom is -0.493 e. The van der Waals surface area contributed by atoms with E-state index >= 15 is 0 Å². The van der Waals surface area contributed by atoms with Crippen LogP contribution in [-0.4, -0.2) is 80.0 Å². The molecule has 204 valence electrons. The highest BCUT2D eigenvalue weighted by atomic mass is 32.1. The Kier molecular flexibility index (Phi) is 11.7. The molecule has 8 heteroatoms. The number of unbranched alkanes of at least 4 members (excludes halogenated alkanes) is 1. The van der Waals surface area contributed by atoms with Gasteiger partial charge in [0.1, 0.15) is 0 Å². The smallest absolute Gasteiger partial charge is 0.242 e. The van der Waals surface area contributed by atoms with Gasteiger partial charge in [-0.1, -0.05) is 19.4 Å². The summed E-state index contributed by atoms with van der Waals surface area (Å²) in [5, 5.41) is 2.07. The van der Waals surface area contributed by atoms with Crippen molar-refractivity contribution in [2.75, 3.05) is 53.5 Å². The molecule has 1 fully saturated rings. The third-order valence-corrected chi connectivity index (χ3v) is 8.09. The van der Waals surface area contributed by atoms with Gasteiger partial charge < -0.3 is 24.2 Å². The summed E-state index contributed by atoms with van der Waals surface area (Å²) >= 11 is 1.67. The van der Waals surface area contributed by atoms with Crippen LogP contribution in [0.4, 0.5) is 0 Å². The largest absolute Gasteiger partial charge is 0.493 e. The number of rotatable bonds is 15. The molecular formula is C29H43N3O4S. The van der Waals surface area contributed by atoms with Crippen LogP contribution in [0.15, 0.2) is 29.6 Å². The fourth-order valence-electron chi connectivity index (χ4n) is 4.64. The molecule has 2 amide bonds. The zero-order valence-electron chi connectivity index (χ0n) is 23.0. The molecule has 0 saturated carbocycles. The molecule has 1 saturated heterocycles. The topological polar surface area (TPSA) is 62.3 Å². The van der Waals surface area contributed by atoms with Gasteiger partial charge in [-0.3, -0.25) is 9.59 Å². The van der Waals surface area contributed by atoms with Crippen LogP contribution in [0.3, 0.4) is 0 Å². The summed E-state index contributed by atoms with van der Waals surface area (Å²) < 4.78 is 10.8. The number of carbonyl (C=O) groups is 2. The summed E-state index contributed by atoms with van der Waals surface area (Å²) in [7, 11) is 3.25. The number of hydrogen-bond acceptors (Lipinski definition) is 6. The normalized spacial score (nSPS) is 13.5. The Morgan fingerprint density at radius 1 is 1.00 bits per heavy atom. The second-order valence-electron chi connectivity index (χ2n) is 9.75. The Balaban J connectivity index is 1.72. The van der Waals surface area contributed by atoms with Gasteiger partial charge in [-0.15, -0.1) is 11.3 Å². The molecule has 7 nitrogen and oxygen atoms in total. The lowest BCUT2D eigenvalue weighted by Gasteiger charge is -2.29. The van der Waals surface area contributed by atoms with Gasteiger partial charge in [0.2, 0.25) is 11.8 Å². The number of benzene rings is 1. The van der Waals surface area contributed by atoms with Crippen molar-refractivity contribution in [2.24, 2.45) is 0 Å². The second kappa shape index (κ2) is 15.0. The van der Waals surface area contributed by atoms with E-state index in [2.05, 4.69) is 30.2 Å². The van der Waals surface area contributed by atoms with E-state index in [0.717, 1.165) is 38.0 Å². The molecule has 0 bridgehead atoms. The maximum Gasteiger partial charge on any atom is 0.242 e. The molecule has 0 spiro atoms. The standard InChI is InChI=1S/C29H43N3O4S/c1-5-6-9-28(33)32(18-17-30-14-7-8-15-30)22-29(34)31(21-27-23(2)13-19-37-27)16-12-24-10-11-25(35-3)26(20-24)36-4/h10-11,13,19-20H,5-9,12,14-18,21-22H2,1-4H3. The molecule has 0 N–H and O–H groups in total. The lowest BCUT2D eigenvalue weighted by molar-refractivity contribution is -0.141. The fourth-order valence-corrected chi connectivity index (χ4v) is 5.56. The molecule has 0 aliphatic carbocycles. The lowest BCUT2D eigenvalue weighted by atomic mass is 10.1. The van der Waals surface area contributed by atoms with Crippen LogP contribution in [0, 0.1) is 6.92 Å². The van der Waals surface area contributed by atoms with E-state index in [1.54, 1.807) is 30.5 Å². The second-order valence-corrected chi connectivity index (χ2v) is 10.7. The molecule has 1 aromatic heterocycles. The predicted molar refractivity (Wildman–Crippen MR) is 150 cm³/mol. The van der Waals surface area contributed by atoms with Crippen LogP contribution in [0.25, 0.3) is 0 Å². The Morgan fingerprint density at radius 2 is 1.76 bits per heavy atom. The minimum absolute atomic E-state index is 0.000419. The number of hydrogen-bond donors (Lipinski definition) is 0. The van der Waals surface area contributed by atoms with Crippen LogP contribution in [0.2, 0.25) is 0 Å². The first kappa shape index (κ1) is 29.0. The Hall–Kier alpha value is -2.58. The van der Waals surface area contributed by atoms with Gasteiger partial charge in [0.25, 0.3) is 0 Å². The molecule has 3 rings (SSSR count). The molecular weight excluding hydrogens is 486 g/mol. The van der Waals surface area contributed by atoms with E-state index in [1.807, 2.05) is 23.1 Å².